The van der Waals surface area contributed by atoms with Gasteiger partial charge in [0.15, 0.2) is 5.96 Å². The molecule has 1 amide bonds. The van der Waals surface area contributed by atoms with Gasteiger partial charge in [-0.2, -0.15) is 0 Å². The van der Waals surface area contributed by atoms with E-state index in [4.69, 9.17) is 9.73 Å². The lowest BCUT2D eigenvalue weighted by atomic mass is 9.88. The Kier molecular flexibility index (Phi) is 9.38. The number of aliphatic imine (C=N–C) groups is 1. The number of benzene rings is 1. The summed E-state index contributed by atoms with van der Waals surface area (Å²) in [5.41, 5.74) is 1.90. The van der Waals surface area contributed by atoms with Crippen molar-refractivity contribution < 1.29 is 14.3 Å². The van der Waals surface area contributed by atoms with E-state index in [-0.39, 0.29) is 23.7 Å². The Hall–Kier alpha value is -2.57. The molecule has 1 saturated heterocycles. The zero-order valence-electron chi connectivity index (χ0n) is 19.6. The van der Waals surface area contributed by atoms with Crippen molar-refractivity contribution in [1.29, 1.82) is 0 Å². The molecule has 7 nitrogen and oxygen atoms in total. The highest BCUT2D eigenvalue weighted by molar-refractivity contribution is 5.92. The van der Waals surface area contributed by atoms with Crippen molar-refractivity contribution >= 4 is 23.5 Å². The second-order valence-electron chi connectivity index (χ2n) is 8.71. The fourth-order valence-corrected chi connectivity index (χ4v) is 4.54. The standard InChI is InChI=1S/C25H38N4O3/c1-3-26-25(29-15-13-21(14-16-29)24(31)32-4-2)27-18-19-9-8-12-22(17-19)28-23(30)20-10-6-5-7-11-20/h8-9,12,17,20-21H,3-7,10-11,13-16,18H2,1-2H3,(H,26,27)(H,28,30). The number of hydrogen-bond acceptors (Lipinski definition) is 4. The van der Waals surface area contributed by atoms with Crippen LogP contribution in [0, 0.1) is 11.8 Å². The second kappa shape index (κ2) is 12.5. The first kappa shape index (κ1) is 24.1. The minimum absolute atomic E-state index is 0.0152. The van der Waals surface area contributed by atoms with E-state index in [1.165, 1.54) is 6.42 Å². The number of ether oxygens (including phenoxy) is 1. The molecule has 0 bridgehead atoms. The van der Waals surface area contributed by atoms with Gasteiger partial charge >= 0.3 is 5.97 Å². The fraction of sp³-hybridized carbons (Fsp3) is 0.640. The number of rotatable bonds is 7. The second-order valence-corrected chi connectivity index (χ2v) is 8.71. The zero-order valence-corrected chi connectivity index (χ0v) is 19.6. The fourth-order valence-electron chi connectivity index (χ4n) is 4.54. The molecule has 2 fully saturated rings. The highest BCUT2D eigenvalue weighted by Gasteiger charge is 2.27. The summed E-state index contributed by atoms with van der Waals surface area (Å²) < 4.78 is 5.17. The van der Waals surface area contributed by atoms with Crippen molar-refractivity contribution in [1.82, 2.24) is 10.2 Å². The van der Waals surface area contributed by atoms with E-state index in [1.54, 1.807) is 0 Å². The van der Waals surface area contributed by atoms with Crippen LogP contribution in [-0.2, 0) is 20.9 Å². The van der Waals surface area contributed by atoms with Gasteiger partial charge in [-0.15, -0.1) is 0 Å². The Morgan fingerprint density at radius 2 is 1.81 bits per heavy atom. The minimum atomic E-state index is -0.0822. The van der Waals surface area contributed by atoms with E-state index in [1.807, 2.05) is 31.2 Å². The third-order valence-corrected chi connectivity index (χ3v) is 6.33. The van der Waals surface area contributed by atoms with Gasteiger partial charge < -0.3 is 20.3 Å². The van der Waals surface area contributed by atoms with Crippen LogP contribution in [0.4, 0.5) is 5.69 Å². The van der Waals surface area contributed by atoms with Gasteiger partial charge in [0.25, 0.3) is 0 Å². The van der Waals surface area contributed by atoms with Crippen LogP contribution < -0.4 is 10.6 Å². The maximum atomic E-state index is 12.6. The first-order valence-electron chi connectivity index (χ1n) is 12.2. The smallest absolute Gasteiger partial charge is 0.309 e. The van der Waals surface area contributed by atoms with Crippen LogP contribution in [-0.4, -0.2) is 49.0 Å². The maximum absolute atomic E-state index is 12.6. The number of carbonyl (C=O) groups excluding carboxylic acids is 2. The van der Waals surface area contributed by atoms with E-state index in [0.29, 0.717) is 13.2 Å². The van der Waals surface area contributed by atoms with Gasteiger partial charge in [0, 0.05) is 31.2 Å². The molecule has 1 heterocycles. The predicted octanol–water partition coefficient (Wildman–Crippen LogP) is 3.95. The quantitative estimate of drug-likeness (QED) is 0.380. The predicted molar refractivity (Wildman–Crippen MR) is 127 cm³/mol. The number of guanidine groups is 1. The summed E-state index contributed by atoms with van der Waals surface area (Å²) in [6.45, 7) is 7.23. The number of nitrogens with one attached hydrogen (secondary N) is 2. The molecule has 1 aromatic carbocycles. The normalized spacial score (nSPS) is 18.3. The molecule has 0 aromatic heterocycles. The first-order valence-corrected chi connectivity index (χ1v) is 12.2. The highest BCUT2D eigenvalue weighted by atomic mass is 16.5. The van der Waals surface area contributed by atoms with Crippen LogP contribution in [0.1, 0.15) is 64.4 Å². The molecule has 2 N–H and O–H groups in total. The Morgan fingerprint density at radius 3 is 2.50 bits per heavy atom. The van der Waals surface area contributed by atoms with Gasteiger partial charge in [-0.05, 0) is 57.2 Å². The zero-order chi connectivity index (χ0) is 22.8. The van der Waals surface area contributed by atoms with Gasteiger partial charge in [0.2, 0.25) is 5.91 Å². The van der Waals surface area contributed by atoms with Crippen LogP contribution in [0.15, 0.2) is 29.3 Å². The largest absolute Gasteiger partial charge is 0.466 e. The van der Waals surface area contributed by atoms with Crippen LogP contribution in [0.5, 0.6) is 0 Å². The summed E-state index contributed by atoms with van der Waals surface area (Å²) in [5, 5.41) is 6.47. The molecule has 1 aliphatic carbocycles. The van der Waals surface area contributed by atoms with Crippen LogP contribution >= 0.6 is 0 Å². The number of hydrogen-bond donors (Lipinski definition) is 2. The molecule has 176 valence electrons. The molecule has 1 saturated carbocycles. The van der Waals surface area contributed by atoms with Crippen molar-refractivity contribution in [3.63, 3.8) is 0 Å². The average molecular weight is 443 g/mol. The van der Waals surface area contributed by atoms with Gasteiger partial charge in [-0.1, -0.05) is 31.4 Å². The van der Waals surface area contributed by atoms with E-state index in [9.17, 15) is 9.59 Å². The molecular formula is C25H38N4O3. The third-order valence-electron chi connectivity index (χ3n) is 6.33. The van der Waals surface area contributed by atoms with Gasteiger partial charge in [-0.25, -0.2) is 4.99 Å². The molecule has 32 heavy (non-hydrogen) atoms. The minimum Gasteiger partial charge on any atom is -0.466 e. The number of anilines is 1. The van der Waals surface area contributed by atoms with E-state index >= 15 is 0 Å². The summed E-state index contributed by atoms with van der Waals surface area (Å²) in [6, 6.07) is 7.97. The van der Waals surface area contributed by atoms with Crippen molar-refractivity contribution in [2.75, 3.05) is 31.6 Å². The van der Waals surface area contributed by atoms with Crippen molar-refractivity contribution in [3.05, 3.63) is 29.8 Å². The van der Waals surface area contributed by atoms with E-state index in [0.717, 1.165) is 75.4 Å². The maximum Gasteiger partial charge on any atom is 0.309 e. The number of esters is 1. The Labute approximate surface area is 192 Å². The Bertz CT molecular complexity index is 781. The van der Waals surface area contributed by atoms with E-state index < -0.39 is 0 Å². The summed E-state index contributed by atoms with van der Waals surface area (Å²) >= 11 is 0. The van der Waals surface area contributed by atoms with Crippen LogP contribution in [0.2, 0.25) is 0 Å². The number of likely N-dealkylation sites (tertiary alicyclic amines) is 1. The molecule has 0 spiro atoms. The lowest BCUT2D eigenvalue weighted by Crippen LogP contribution is -2.46. The van der Waals surface area contributed by atoms with Crippen molar-refractivity contribution in [3.8, 4) is 0 Å². The molecule has 3 rings (SSSR count). The number of carbonyl (C=O) groups is 2. The van der Waals surface area contributed by atoms with Crippen molar-refractivity contribution in [2.24, 2.45) is 16.8 Å². The molecule has 0 radical (unpaired) electrons. The SMILES string of the molecule is CCNC(=NCc1cccc(NC(=O)C2CCCCC2)c1)N1CCC(C(=O)OCC)CC1. The van der Waals surface area contributed by atoms with Crippen LogP contribution in [0.3, 0.4) is 0 Å². The molecule has 1 aliphatic heterocycles. The molecular weight excluding hydrogens is 404 g/mol. The highest BCUT2D eigenvalue weighted by Crippen LogP contribution is 2.25. The first-order chi connectivity index (χ1) is 15.6. The molecule has 0 unspecified atom stereocenters. The monoisotopic (exact) mass is 442 g/mol. The summed E-state index contributed by atoms with van der Waals surface area (Å²) in [5.74, 6) is 1.05. The summed E-state index contributed by atoms with van der Waals surface area (Å²) in [6.07, 6.45) is 7.10. The van der Waals surface area contributed by atoms with Crippen molar-refractivity contribution in [2.45, 2.75) is 65.3 Å². The Morgan fingerprint density at radius 1 is 1.06 bits per heavy atom. The lowest BCUT2D eigenvalue weighted by molar-refractivity contribution is -0.149. The molecule has 2 aliphatic rings. The molecule has 7 heteroatoms. The number of piperidine rings is 1. The summed E-state index contributed by atoms with van der Waals surface area (Å²) in [7, 11) is 0. The number of nitrogens with zero attached hydrogens (tertiary/aromatic N) is 2. The van der Waals surface area contributed by atoms with E-state index in [2.05, 4.69) is 22.5 Å². The summed E-state index contributed by atoms with van der Waals surface area (Å²) in [4.78, 5) is 31.6. The van der Waals surface area contributed by atoms with Gasteiger partial charge in [0.1, 0.15) is 0 Å². The number of amides is 1. The lowest BCUT2D eigenvalue weighted by Gasteiger charge is -2.33. The Balaban J connectivity index is 1.57. The average Bonchev–Trinajstić information content (AvgIpc) is 2.83. The molecule has 1 aromatic rings. The van der Waals surface area contributed by atoms with Gasteiger partial charge in [-0.3, -0.25) is 9.59 Å². The van der Waals surface area contributed by atoms with Crippen LogP contribution in [0.25, 0.3) is 0 Å². The third kappa shape index (κ3) is 6.97. The topological polar surface area (TPSA) is 83.0 Å². The molecule has 0 atom stereocenters. The van der Waals surface area contributed by atoms with Gasteiger partial charge in [0.05, 0.1) is 19.1 Å².